The van der Waals surface area contributed by atoms with Crippen LogP contribution in [0, 0.1) is 0 Å². The van der Waals surface area contributed by atoms with E-state index < -0.39 is 0 Å². The van der Waals surface area contributed by atoms with Crippen LogP contribution in [-0.4, -0.2) is 30.3 Å². The fraction of sp³-hybridized carbons (Fsp3) is 0.500. The summed E-state index contributed by atoms with van der Waals surface area (Å²) in [7, 11) is 1.96. The molecule has 5 heteroatoms. The summed E-state index contributed by atoms with van der Waals surface area (Å²) in [6.07, 6.45) is 2.42. The molecule has 1 aliphatic heterocycles. The smallest absolute Gasteiger partial charge is 0.266 e. The number of aromatic nitrogens is 2. The van der Waals surface area contributed by atoms with Gasteiger partial charge in [0.05, 0.1) is 5.92 Å². The number of nitrogens with zero attached hydrogens (tertiary/aromatic N) is 3. The van der Waals surface area contributed by atoms with Crippen molar-refractivity contribution < 1.29 is 4.52 Å². The van der Waals surface area contributed by atoms with Crippen LogP contribution >= 0.6 is 0 Å². The summed E-state index contributed by atoms with van der Waals surface area (Å²) >= 11 is 0. The van der Waals surface area contributed by atoms with Gasteiger partial charge in [0.25, 0.3) is 5.95 Å². The van der Waals surface area contributed by atoms with E-state index in [4.69, 9.17) is 4.52 Å². The van der Waals surface area contributed by atoms with Crippen molar-refractivity contribution in [2.24, 2.45) is 0 Å². The van der Waals surface area contributed by atoms with Crippen LogP contribution in [0.4, 0.5) is 5.95 Å². The maximum atomic E-state index is 5.50. The Kier molecular flexibility index (Phi) is 4.20. The number of hydrogen-bond acceptors (Lipinski definition) is 5. The second kappa shape index (κ2) is 6.26. The van der Waals surface area contributed by atoms with Gasteiger partial charge < -0.3 is 14.7 Å². The van der Waals surface area contributed by atoms with Crippen LogP contribution in [-0.2, 0) is 0 Å². The highest BCUT2D eigenvalue weighted by Gasteiger charge is 2.26. The molecule has 2 unspecified atom stereocenters. The van der Waals surface area contributed by atoms with Gasteiger partial charge in [0, 0.05) is 19.1 Å². The minimum absolute atomic E-state index is 0.126. The van der Waals surface area contributed by atoms with Crippen molar-refractivity contribution in [1.82, 2.24) is 15.5 Å². The Labute approximate surface area is 125 Å². The highest BCUT2D eigenvalue weighted by atomic mass is 16.5. The molecule has 0 spiro atoms. The maximum Gasteiger partial charge on any atom is 0.266 e. The third-order valence-electron chi connectivity index (χ3n) is 4.18. The van der Waals surface area contributed by atoms with E-state index in [-0.39, 0.29) is 12.0 Å². The summed E-state index contributed by atoms with van der Waals surface area (Å²) in [5, 5.41) is 7.50. The summed E-state index contributed by atoms with van der Waals surface area (Å²) in [5.74, 6) is 1.55. The fourth-order valence-corrected chi connectivity index (χ4v) is 2.97. The predicted octanol–water partition coefficient (Wildman–Crippen LogP) is 2.73. The van der Waals surface area contributed by atoms with Gasteiger partial charge in [-0.1, -0.05) is 37.3 Å². The van der Waals surface area contributed by atoms with Crippen molar-refractivity contribution in [3.8, 4) is 0 Å². The number of anilines is 1. The molecule has 2 heterocycles. The predicted molar refractivity (Wildman–Crippen MR) is 82.4 cm³/mol. The normalized spacial score (nSPS) is 17.9. The van der Waals surface area contributed by atoms with Crippen molar-refractivity contribution in [1.29, 1.82) is 0 Å². The fourth-order valence-electron chi connectivity index (χ4n) is 2.97. The van der Waals surface area contributed by atoms with Crippen molar-refractivity contribution >= 4 is 5.95 Å². The van der Waals surface area contributed by atoms with E-state index in [1.165, 1.54) is 18.4 Å². The quantitative estimate of drug-likeness (QED) is 0.916. The second-order valence-corrected chi connectivity index (χ2v) is 5.59. The molecule has 0 amide bonds. The lowest BCUT2D eigenvalue weighted by Gasteiger charge is -2.21. The van der Waals surface area contributed by atoms with Crippen LogP contribution in [0.25, 0.3) is 0 Å². The van der Waals surface area contributed by atoms with E-state index in [0.717, 1.165) is 19.0 Å². The first-order valence-electron chi connectivity index (χ1n) is 7.60. The Hall–Kier alpha value is -1.88. The van der Waals surface area contributed by atoms with Gasteiger partial charge in [-0.3, -0.25) is 0 Å². The minimum Gasteiger partial charge on any atom is -0.338 e. The number of hydrogen-bond donors (Lipinski definition) is 1. The Bertz CT molecular complexity index is 563. The molecule has 5 nitrogen and oxygen atoms in total. The second-order valence-electron chi connectivity index (χ2n) is 5.59. The van der Waals surface area contributed by atoms with E-state index in [1.807, 2.05) is 13.1 Å². The lowest BCUT2D eigenvalue weighted by molar-refractivity contribution is 0.331. The molecule has 0 bridgehead atoms. The molecule has 3 rings (SSSR count). The molecule has 21 heavy (non-hydrogen) atoms. The largest absolute Gasteiger partial charge is 0.338 e. The van der Waals surface area contributed by atoms with E-state index in [1.54, 1.807) is 0 Å². The Morgan fingerprint density at radius 3 is 2.57 bits per heavy atom. The summed E-state index contributed by atoms with van der Waals surface area (Å²) in [5.41, 5.74) is 1.23. The van der Waals surface area contributed by atoms with Crippen LogP contribution in [0.15, 0.2) is 34.9 Å². The number of nitrogens with one attached hydrogen (secondary N) is 1. The Morgan fingerprint density at radius 2 is 1.90 bits per heavy atom. The van der Waals surface area contributed by atoms with Crippen LogP contribution in [0.2, 0.25) is 0 Å². The van der Waals surface area contributed by atoms with Gasteiger partial charge in [-0.25, -0.2) is 0 Å². The number of likely N-dealkylation sites (N-methyl/N-ethyl adjacent to an activating group) is 1. The van der Waals surface area contributed by atoms with Crippen molar-refractivity contribution in [3.63, 3.8) is 0 Å². The summed E-state index contributed by atoms with van der Waals surface area (Å²) in [4.78, 5) is 6.79. The Morgan fingerprint density at radius 1 is 1.19 bits per heavy atom. The van der Waals surface area contributed by atoms with Crippen LogP contribution in [0.1, 0.15) is 43.2 Å². The van der Waals surface area contributed by atoms with Gasteiger partial charge in [-0.2, -0.15) is 4.98 Å². The van der Waals surface area contributed by atoms with Gasteiger partial charge in [0.15, 0.2) is 0 Å². The van der Waals surface area contributed by atoms with Crippen LogP contribution in [0.3, 0.4) is 0 Å². The molecule has 1 saturated heterocycles. The lowest BCUT2D eigenvalue weighted by Crippen LogP contribution is -2.23. The van der Waals surface area contributed by atoms with Crippen molar-refractivity contribution in [2.75, 3.05) is 25.0 Å². The molecular formula is C16H22N4O. The zero-order chi connectivity index (χ0) is 14.7. The van der Waals surface area contributed by atoms with E-state index in [9.17, 15) is 0 Å². The SMILES string of the molecule is CNC(c1ccccc1)C(C)c1nc(N2CCCC2)no1. The van der Waals surface area contributed by atoms with Gasteiger partial charge >= 0.3 is 0 Å². The zero-order valence-electron chi connectivity index (χ0n) is 12.6. The average Bonchev–Trinajstić information content (AvgIpc) is 3.20. The van der Waals surface area contributed by atoms with Crippen LogP contribution < -0.4 is 10.2 Å². The standard InChI is InChI=1S/C16H22N4O/c1-12(14(17-2)13-8-4-3-5-9-13)15-18-16(19-21-15)20-10-6-7-11-20/h3-5,8-9,12,14,17H,6-7,10-11H2,1-2H3. The van der Waals surface area contributed by atoms with Gasteiger partial charge in [0.2, 0.25) is 5.89 Å². The first-order valence-corrected chi connectivity index (χ1v) is 7.60. The monoisotopic (exact) mass is 286 g/mol. The molecule has 0 aliphatic carbocycles. The highest BCUT2D eigenvalue weighted by Crippen LogP contribution is 2.30. The average molecular weight is 286 g/mol. The molecule has 0 saturated carbocycles. The molecule has 1 N–H and O–H groups in total. The maximum absolute atomic E-state index is 5.50. The molecule has 1 fully saturated rings. The lowest BCUT2D eigenvalue weighted by atomic mass is 9.94. The van der Waals surface area contributed by atoms with E-state index in [0.29, 0.717) is 5.89 Å². The van der Waals surface area contributed by atoms with Crippen molar-refractivity contribution in [3.05, 3.63) is 41.8 Å². The van der Waals surface area contributed by atoms with E-state index >= 15 is 0 Å². The Balaban J connectivity index is 1.78. The molecule has 1 aliphatic rings. The molecule has 2 atom stereocenters. The first-order chi connectivity index (χ1) is 10.3. The van der Waals surface area contributed by atoms with Crippen molar-refractivity contribution in [2.45, 2.75) is 31.7 Å². The van der Waals surface area contributed by atoms with Gasteiger partial charge in [0.1, 0.15) is 0 Å². The molecule has 1 aromatic heterocycles. The zero-order valence-corrected chi connectivity index (χ0v) is 12.6. The van der Waals surface area contributed by atoms with E-state index in [2.05, 4.69) is 51.5 Å². The van der Waals surface area contributed by atoms with Gasteiger partial charge in [-0.15, -0.1) is 0 Å². The molecule has 1 aromatic carbocycles. The summed E-state index contributed by atoms with van der Waals surface area (Å²) in [6, 6.07) is 10.5. The van der Waals surface area contributed by atoms with Gasteiger partial charge in [-0.05, 0) is 30.6 Å². The third kappa shape index (κ3) is 2.93. The number of benzene rings is 1. The third-order valence-corrected chi connectivity index (χ3v) is 4.18. The van der Waals surface area contributed by atoms with Crippen LogP contribution in [0.5, 0.6) is 0 Å². The molecule has 112 valence electrons. The topological polar surface area (TPSA) is 54.2 Å². The highest BCUT2D eigenvalue weighted by molar-refractivity contribution is 5.30. The molecule has 2 aromatic rings. The summed E-state index contributed by atoms with van der Waals surface area (Å²) in [6.45, 7) is 4.18. The molecule has 0 radical (unpaired) electrons. The summed E-state index contributed by atoms with van der Waals surface area (Å²) < 4.78 is 5.50. The first kappa shape index (κ1) is 14.1. The molecular weight excluding hydrogens is 264 g/mol. The minimum atomic E-state index is 0.126. The number of rotatable bonds is 5.